The Bertz CT molecular complexity index is 1280. The fourth-order valence-electron chi connectivity index (χ4n) is 3.71. The normalized spacial score (nSPS) is 12.2. The minimum absolute atomic E-state index is 0.206. The van der Waals surface area contributed by atoms with Gasteiger partial charge in [0.2, 0.25) is 0 Å². The number of benzene rings is 2. The molecule has 0 N–H and O–H groups in total. The van der Waals surface area contributed by atoms with E-state index < -0.39 is 0 Å². The molecule has 0 atom stereocenters. The van der Waals surface area contributed by atoms with Crippen molar-refractivity contribution < 1.29 is 8.79 Å². The van der Waals surface area contributed by atoms with E-state index in [0.717, 1.165) is 22.1 Å². The molecule has 3 heteroatoms. The Morgan fingerprint density at radius 1 is 0.880 bits per heavy atom. The summed E-state index contributed by atoms with van der Waals surface area (Å²) in [6.07, 6.45) is 2.15. The standard InChI is InChI=1S/C22H18FN2/c1-14(2)15-4-8-20-16(11-15)5-10-22-24(20)13-19-7-3-17-12-18(23)6-9-21(17)25(19)22/h3-14H,1-2H3/q+1. The molecule has 3 aromatic heterocycles. The van der Waals surface area contributed by atoms with Crippen LogP contribution in [-0.4, -0.2) is 4.40 Å². The molecular weight excluding hydrogens is 311 g/mol. The molecule has 0 aliphatic heterocycles. The van der Waals surface area contributed by atoms with Gasteiger partial charge in [-0.1, -0.05) is 19.9 Å². The van der Waals surface area contributed by atoms with Crippen LogP contribution in [0.2, 0.25) is 0 Å². The molecule has 0 radical (unpaired) electrons. The minimum atomic E-state index is -0.206. The SMILES string of the molecule is CC(C)c1ccc2c(ccc3n4c(ccc5cc(F)ccc54)c[n+]23)c1. The van der Waals surface area contributed by atoms with E-state index in [1.54, 1.807) is 6.07 Å². The van der Waals surface area contributed by atoms with Crippen molar-refractivity contribution in [2.24, 2.45) is 0 Å². The number of fused-ring (bicyclic) bond motifs is 7. The van der Waals surface area contributed by atoms with Crippen LogP contribution >= 0.6 is 0 Å². The van der Waals surface area contributed by atoms with E-state index in [9.17, 15) is 4.39 Å². The van der Waals surface area contributed by atoms with Crippen molar-refractivity contribution in [3.8, 4) is 0 Å². The number of pyridine rings is 2. The predicted octanol–water partition coefficient (Wildman–Crippen LogP) is 5.25. The van der Waals surface area contributed by atoms with Gasteiger partial charge >= 0.3 is 0 Å². The minimum Gasteiger partial charge on any atom is -0.207 e. The van der Waals surface area contributed by atoms with Gasteiger partial charge < -0.3 is 0 Å². The molecule has 122 valence electrons. The maximum absolute atomic E-state index is 13.6. The second-order valence-electron chi connectivity index (χ2n) is 6.96. The third kappa shape index (κ3) is 2.05. The lowest BCUT2D eigenvalue weighted by Gasteiger charge is -2.06. The quantitative estimate of drug-likeness (QED) is 0.371. The molecule has 0 saturated carbocycles. The molecule has 0 unspecified atom stereocenters. The zero-order valence-electron chi connectivity index (χ0n) is 14.2. The molecule has 5 aromatic rings. The van der Waals surface area contributed by atoms with Crippen LogP contribution in [0.3, 0.4) is 0 Å². The summed E-state index contributed by atoms with van der Waals surface area (Å²) in [5, 5.41) is 2.14. The molecule has 2 nitrogen and oxygen atoms in total. The number of halogens is 1. The van der Waals surface area contributed by atoms with Crippen LogP contribution in [0.15, 0.2) is 66.9 Å². The number of imidazole rings is 1. The van der Waals surface area contributed by atoms with Gasteiger partial charge in [-0.05, 0) is 60.0 Å². The van der Waals surface area contributed by atoms with Gasteiger partial charge in [0.25, 0.3) is 5.65 Å². The van der Waals surface area contributed by atoms with E-state index in [0.29, 0.717) is 5.92 Å². The van der Waals surface area contributed by atoms with Gasteiger partial charge in [-0.2, -0.15) is 8.80 Å². The molecule has 2 aromatic carbocycles. The van der Waals surface area contributed by atoms with E-state index in [2.05, 4.69) is 59.2 Å². The molecule has 0 fully saturated rings. The number of aromatic nitrogens is 2. The van der Waals surface area contributed by atoms with Crippen LogP contribution in [0.4, 0.5) is 4.39 Å². The summed E-state index contributed by atoms with van der Waals surface area (Å²) in [5.41, 5.74) is 5.72. The molecule has 0 amide bonds. The van der Waals surface area contributed by atoms with E-state index in [1.165, 1.54) is 22.5 Å². The average molecular weight is 329 g/mol. The molecule has 25 heavy (non-hydrogen) atoms. The van der Waals surface area contributed by atoms with Crippen LogP contribution in [0, 0.1) is 5.82 Å². The maximum Gasteiger partial charge on any atom is 0.292 e. The second kappa shape index (κ2) is 5.03. The fourth-order valence-corrected chi connectivity index (χ4v) is 3.71. The highest BCUT2D eigenvalue weighted by Crippen LogP contribution is 2.24. The Balaban J connectivity index is 1.93. The van der Waals surface area contributed by atoms with E-state index in [1.807, 2.05) is 18.2 Å². The summed E-state index contributed by atoms with van der Waals surface area (Å²) in [7, 11) is 0. The zero-order valence-corrected chi connectivity index (χ0v) is 14.2. The van der Waals surface area contributed by atoms with Crippen molar-refractivity contribution in [1.29, 1.82) is 0 Å². The van der Waals surface area contributed by atoms with Crippen LogP contribution < -0.4 is 4.40 Å². The highest BCUT2D eigenvalue weighted by atomic mass is 19.1. The monoisotopic (exact) mass is 329 g/mol. The third-order valence-electron chi connectivity index (χ3n) is 5.05. The lowest BCUT2D eigenvalue weighted by atomic mass is 10.0. The Morgan fingerprint density at radius 2 is 1.72 bits per heavy atom. The zero-order chi connectivity index (χ0) is 17.1. The lowest BCUT2D eigenvalue weighted by Crippen LogP contribution is -2.19. The maximum atomic E-state index is 13.6. The first-order valence-electron chi connectivity index (χ1n) is 8.59. The molecule has 0 spiro atoms. The topological polar surface area (TPSA) is 8.51 Å². The summed E-state index contributed by atoms with van der Waals surface area (Å²) in [6.45, 7) is 4.43. The van der Waals surface area contributed by atoms with Crippen molar-refractivity contribution >= 4 is 33.0 Å². The van der Waals surface area contributed by atoms with Gasteiger partial charge in [0.15, 0.2) is 5.52 Å². The van der Waals surface area contributed by atoms with Gasteiger partial charge in [-0.15, -0.1) is 0 Å². The number of hydrogen-bond acceptors (Lipinski definition) is 0. The number of rotatable bonds is 1. The fraction of sp³-hybridized carbons (Fsp3) is 0.136. The van der Waals surface area contributed by atoms with Gasteiger partial charge in [0.1, 0.15) is 23.0 Å². The number of hydrogen-bond donors (Lipinski definition) is 0. The largest absolute Gasteiger partial charge is 0.292 e. The van der Waals surface area contributed by atoms with Crippen molar-refractivity contribution in [2.45, 2.75) is 19.8 Å². The number of nitrogens with zero attached hydrogens (tertiary/aromatic N) is 2. The molecule has 5 rings (SSSR count). The van der Waals surface area contributed by atoms with E-state index in [-0.39, 0.29) is 5.82 Å². The second-order valence-corrected chi connectivity index (χ2v) is 6.96. The summed E-state index contributed by atoms with van der Waals surface area (Å²) in [4.78, 5) is 0. The van der Waals surface area contributed by atoms with E-state index in [4.69, 9.17) is 0 Å². The molecule has 0 saturated heterocycles. The first kappa shape index (κ1) is 14.4. The molecule has 0 bridgehead atoms. The van der Waals surface area contributed by atoms with Crippen molar-refractivity contribution in [3.63, 3.8) is 0 Å². The average Bonchev–Trinajstić information content (AvgIpc) is 3.00. The Morgan fingerprint density at radius 3 is 2.56 bits per heavy atom. The lowest BCUT2D eigenvalue weighted by molar-refractivity contribution is -0.479. The Hall–Kier alpha value is -2.94. The van der Waals surface area contributed by atoms with E-state index >= 15 is 0 Å². The highest BCUT2D eigenvalue weighted by molar-refractivity contribution is 5.85. The Labute approximate surface area is 144 Å². The van der Waals surface area contributed by atoms with Crippen LogP contribution in [0.5, 0.6) is 0 Å². The van der Waals surface area contributed by atoms with Gasteiger partial charge in [0, 0.05) is 16.8 Å². The van der Waals surface area contributed by atoms with Crippen LogP contribution in [0.25, 0.3) is 33.0 Å². The molecule has 0 aliphatic carbocycles. The summed E-state index contributed by atoms with van der Waals surface area (Å²) >= 11 is 0. The Kier molecular flexibility index (Phi) is 2.90. The van der Waals surface area contributed by atoms with Gasteiger partial charge in [-0.3, -0.25) is 0 Å². The first-order chi connectivity index (χ1) is 12.1. The molecule has 0 aliphatic rings. The van der Waals surface area contributed by atoms with Crippen molar-refractivity contribution in [1.82, 2.24) is 4.40 Å². The summed E-state index contributed by atoms with van der Waals surface area (Å²) in [5.74, 6) is 0.305. The van der Waals surface area contributed by atoms with Crippen molar-refractivity contribution in [3.05, 3.63) is 78.2 Å². The molecule has 3 heterocycles. The predicted molar refractivity (Wildman–Crippen MR) is 99.6 cm³/mol. The first-order valence-corrected chi connectivity index (χ1v) is 8.59. The van der Waals surface area contributed by atoms with Gasteiger partial charge in [0.05, 0.1) is 0 Å². The van der Waals surface area contributed by atoms with Crippen LogP contribution in [0.1, 0.15) is 25.3 Å². The highest BCUT2D eigenvalue weighted by Gasteiger charge is 2.17. The smallest absolute Gasteiger partial charge is 0.207 e. The molecular formula is C22H18FN2+. The van der Waals surface area contributed by atoms with Crippen LogP contribution in [-0.2, 0) is 0 Å². The third-order valence-corrected chi connectivity index (χ3v) is 5.05. The van der Waals surface area contributed by atoms with Crippen molar-refractivity contribution in [2.75, 3.05) is 0 Å². The summed E-state index contributed by atoms with van der Waals surface area (Å²) < 4.78 is 18.0. The van der Waals surface area contributed by atoms with Gasteiger partial charge in [-0.25, -0.2) is 4.39 Å². The summed E-state index contributed by atoms with van der Waals surface area (Å²) in [6, 6.07) is 20.0.